The van der Waals surface area contributed by atoms with Crippen molar-refractivity contribution in [3.8, 4) is 11.5 Å². The molecule has 126 valence electrons. The minimum atomic E-state index is 0.687. The van der Waals surface area contributed by atoms with Gasteiger partial charge in [0.2, 0.25) is 0 Å². The number of methoxy groups -OCH3 is 2. The van der Waals surface area contributed by atoms with E-state index in [1.54, 1.807) is 14.2 Å². The van der Waals surface area contributed by atoms with Crippen molar-refractivity contribution in [1.29, 1.82) is 0 Å². The summed E-state index contributed by atoms with van der Waals surface area (Å²) in [6.07, 6.45) is 0. The Balaban J connectivity index is 2.11. The zero-order chi connectivity index (χ0) is 17.7. The van der Waals surface area contributed by atoms with Gasteiger partial charge >= 0.3 is 0 Å². The molecule has 0 radical (unpaired) electrons. The van der Waals surface area contributed by atoms with Crippen LogP contribution in [0.5, 0.6) is 11.5 Å². The summed E-state index contributed by atoms with van der Waals surface area (Å²) in [5.74, 6) is 1.37. The van der Waals surface area contributed by atoms with Crippen LogP contribution < -0.4 is 9.47 Å². The second-order valence-corrected chi connectivity index (χ2v) is 6.18. The molecule has 0 aliphatic heterocycles. The van der Waals surface area contributed by atoms with Crippen molar-refractivity contribution in [2.24, 2.45) is 0 Å². The Kier molecular flexibility index (Phi) is 3.19. The largest absolute Gasteiger partial charge is 0.494 e. The first-order chi connectivity index (χ1) is 12.8. The fourth-order valence-electron chi connectivity index (χ4n) is 3.64. The molecule has 0 saturated heterocycles. The normalized spacial score (nSPS) is 11.5. The molecule has 26 heavy (non-hydrogen) atoms. The van der Waals surface area contributed by atoms with Crippen LogP contribution in [0.1, 0.15) is 0 Å². The predicted octanol–water partition coefficient (Wildman–Crippen LogP) is 5.11. The number of benzene rings is 4. The number of aromatic nitrogens is 2. The summed E-state index contributed by atoms with van der Waals surface area (Å²) in [6.45, 7) is 0. The maximum atomic E-state index is 5.52. The summed E-state index contributed by atoms with van der Waals surface area (Å²) >= 11 is 0. The SMILES string of the molecule is COc1ccc(OC)c2nc3c4ccccc4c4ccccc4c3nc12. The van der Waals surface area contributed by atoms with Crippen molar-refractivity contribution >= 4 is 43.6 Å². The lowest BCUT2D eigenvalue weighted by Crippen LogP contribution is -1.96. The van der Waals surface area contributed by atoms with Gasteiger partial charge in [-0.3, -0.25) is 0 Å². The van der Waals surface area contributed by atoms with Gasteiger partial charge in [0.25, 0.3) is 0 Å². The molecule has 4 aromatic carbocycles. The maximum Gasteiger partial charge on any atom is 0.147 e. The third-order valence-electron chi connectivity index (χ3n) is 4.84. The number of hydrogen-bond donors (Lipinski definition) is 0. The molecule has 5 aromatic rings. The quantitative estimate of drug-likeness (QED) is 0.331. The van der Waals surface area contributed by atoms with Gasteiger partial charge < -0.3 is 9.47 Å². The lowest BCUT2D eigenvalue weighted by Gasteiger charge is -2.13. The zero-order valence-electron chi connectivity index (χ0n) is 14.5. The first kappa shape index (κ1) is 14.9. The van der Waals surface area contributed by atoms with Gasteiger partial charge in [-0.05, 0) is 22.9 Å². The van der Waals surface area contributed by atoms with E-state index >= 15 is 0 Å². The summed E-state index contributed by atoms with van der Waals surface area (Å²) < 4.78 is 11.0. The third kappa shape index (κ3) is 1.96. The molecule has 1 heterocycles. The average Bonchev–Trinajstić information content (AvgIpc) is 2.72. The number of nitrogens with zero attached hydrogens (tertiary/aromatic N) is 2. The van der Waals surface area contributed by atoms with Crippen molar-refractivity contribution in [1.82, 2.24) is 9.97 Å². The van der Waals surface area contributed by atoms with E-state index in [9.17, 15) is 0 Å². The molecular formula is C22H16N2O2. The summed E-state index contributed by atoms with van der Waals surface area (Å²) in [5, 5.41) is 4.51. The minimum absolute atomic E-state index is 0.687. The average molecular weight is 340 g/mol. The lowest BCUT2D eigenvalue weighted by molar-refractivity contribution is 0.409. The molecule has 0 fully saturated rings. The molecule has 0 bridgehead atoms. The third-order valence-corrected chi connectivity index (χ3v) is 4.84. The molecule has 0 atom stereocenters. The summed E-state index contributed by atoms with van der Waals surface area (Å²) in [4.78, 5) is 9.94. The molecule has 4 heteroatoms. The van der Waals surface area contributed by atoms with Crippen molar-refractivity contribution in [3.05, 3.63) is 60.7 Å². The van der Waals surface area contributed by atoms with Crippen molar-refractivity contribution in [2.75, 3.05) is 14.2 Å². The van der Waals surface area contributed by atoms with Crippen LogP contribution in [0.25, 0.3) is 43.6 Å². The molecule has 5 rings (SSSR count). The van der Waals surface area contributed by atoms with E-state index in [1.807, 2.05) is 24.3 Å². The highest BCUT2D eigenvalue weighted by atomic mass is 16.5. The second-order valence-electron chi connectivity index (χ2n) is 6.18. The second kappa shape index (κ2) is 5.56. The Morgan fingerprint density at radius 3 is 1.27 bits per heavy atom. The fourth-order valence-corrected chi connectivity index (χ4v) is 3.64. The molecule has 0 amide bonds. The van der Waals surface area contributed by atoms with Gasteiger partial charge in [-0.25, -0.2) is 9.97 Å². The standard InChI is InChI=1S/C22H16N2O2/c1-25-17-11-12-18(26-2)22-21(17)23-19-15-9-5-3-7-13(15)14-8-4-6-10-16(14)20(19)24-22/h3-12H,1-2H3. The van der Waals surface area contributed by atoms with Gasteiger partial charge in [0.1, 0.15) is 22.5 Å². The Bertz CT molecular complexity index is 1210. The molecular weight excluding hydrogens is 324 g/mol. The van der Waals surface area contributed by atoms with Crippen molar-refractivity contribution in [3.63, 3.8) is 0 Å². The fraction of sp³-hybridized carbons (Fsp3) is 0.0909. The number of ether oxygens (including phenoxy) is 2. The molecule has 0 spiro atoms. The zero-order valence-corrected chi connectivity index (χ0v) is 14.5. The highest BCUT2D eigenvalue weighted by molar-refractivity contribution is 6.24. The number of hydrogen-bond acceptors (Lipinski definition) is 4. The molecule has 0 aliphatic carbocycles. The van der Waals surface area contributed by atoms with Crippen LogP contribution in [0, 0.1) is 0 Å². The van der Waals surface area contributed by atoms with Crippen LogP contribution in [-0.4, -0.2) is 24.2 Å². The van der Waals surface area contributed by atoms with E-state index in [-0.39, 0.29) is 0 Å². The van der Waals surface area contributed by atoms with Gasteiger partial charge in [-0.2, -0.15) is 0 Å². The smallest absolute Gasteiger partial charge is 0.147 e. The van der Waals surface area contributed by atoms with Crippen LogP contribution in [0.15, 0.2) is 60.7 Å². The summed E-state index contributed by atoms with van der Waals surface area (Å²) in [7, 11) is 3.29. The molecule has 0 aliphatic rings. The summed E-state index contributed by atoms with van der Waals surface area (Å²) in [5.41, 5.74) is 3.16. The van der Waals surface area contributed by atoms with E-state index in [1.165, 1.54) is 10.8 Å². The molecule has 0 N–H and O–H groups in total. The first-order valence-corrected chi connectivity index (χ1v) is 8.43. The van der Waals surface area contributed by atoms with Crippen molar-refractivity contribution < 1.29 is 9.47 Å². The monoisotopic (exact) mass is 340 g/mol. The van der Waals surface area contributed by atoms with E-state index in [0.717, 1.165) is 21.8 Å². The highest BCUT2D eigenvalue weighted by Crippen LogP contribution is 2.37. The van der Waals surface area contributed by atoms with Gasteiger partial charge in [0.15, 0.2) is 0 Å². The van der Waals surface area contributed by atoms with E-state index in [0.29, 0.717) is 22.5 Å². The lowest BCUT2D eigenvalue weighted by atomic mass is 9.99. The van der Waals surface area contributed by atoms with Gasteiger partial charge in [0, 0.05) is 10.8 Å². The van der Waals surface area contributed by atoms with Crippen LogP contribution in [0.3, 0.4) is 0 Å². The van der Waals surface area contributed by atoms with Gasteiger partial charge in [-0.1, -0.05) is 48.5 Å². The molecule has 4 nitrogen and oxygen atoms in total. The topological polar surface area (TPSA) is 44.2 Å². The first-order valence-electron chi connectivity index (χ1n) is 8.43. The Labute approximate surface area is 150 Å². The van der Waals surface area contributed by atoms with E-state index in [2.05, 4.69) is 36.4 Å². The highest BCUT2D eigenvalue weighted by Gasteiger charge is 2.16. The Morgan fingerprint density at radius 1 is 0.500 bits per heavy atom. The predicted molar refractivity (Wildman–Crippen MR) is 105 cm³/mol. The van der Waals surface area contributed by atoms with Crippen LogP contribution in [0.4, 0.5) is 0 Å². The number of fused-ring (bicyclic) bond motifs is 7. The van der Waals surface area contributed by atoms with Gasteiger partial charge in [-0.15, -0.1) is 0 Å². The van der Waals surface area contributed by atoms with Gasteiger partial charge in [0.05, 0.1) is 25.3 Å². The van der Waals surface area contributed by atoms with Crippen LogP contribution in [0.2, 0.25) is 0 Å². The van der Waals surface area contributed by atoms with E-state index in [4.69, 9.17) is 19.4 Å². The Morgan fingerprint density at radius 2 is 0.885 bits per heavy atom. The molecule has 0 unspecified atom stereocenters. The Hall–Kier alpha value is -3.40. The van der Waals surface area contributed by atoms with Crippen LogP contribution in [-0.2, 0) is 0 Å². The minimum Gasteiger partial charge on any atom is -0.494 e. The van der Waals surface area contributed by atoms with Crippen LogP contribution >= 0.6 is 0 Å². The van der Waals surface area contributed by atoms with Crippen molar-refractivity contribution in [2.45, 2.75) is 0 Å². The number of rotatable bonds is 2. The molecule has 0 saturated carbocycles. The maximum absolute atomic E-state index is 5.52. The molecule has 1 aromatic heterocycles. The summed E-state index contributed by atoms with van der Waals surface area (Å²) in [6, 6.07) is 20.4. The van der Waals surface area contributed by atoms with E-state index < -0.39 is 0 Å².